The van der Waals surface area contributed by atoms with Gasteiger partial charge in [-0.2, -0.15) is 0 Å². The number of amides is 2. The Hall–Kier alpha value is -4.30. The molecule has 34 heavy (non-hydrogen) atoms. The molecule has 2 heterocycles. The molecule has 8 heteroatoms. The second-order valence-electron chi connectivity index (χ2n) is 8.02. The first-order valence-corrected chi connectivity index (χ1v) is 10.9. The number of ether oxygens (including phenoxy) is 2. The van der Waals surface area contributed by atoms with Crippen molar-refractivity contribution in [1.29, 1.82) is 0 Å². The minimum absolute atomic E-state index is 0.134. The van der Waals surface area contributed by atoms with Gasteiger partial charge in [-0.25, -0.2) is 5.48 Å². The maximum atomic E-state index is 13.0. The van der Waals surface area contributed by atoms with Gasteiger partial charge in [-0.3, -0.25) is 14.8 Å². The van der Waals surface area contributed by atoms with Gasteiger partial charge < -0.3 is 19.4 Å². The highest BCUT2D eigenvalue weighted by molar-refractivity contribution is 6.07. The third-order valence-electron chi connectivity index (χ3n) is 5.84. The maximum Gasteiger partial charge on any atom is 0.274 e. The molecule has 0 spiro atoms. The third-order valence-corrected chi connectivity index (χ3v) is 5.84. The van der Waals surface area contributed by atoms with Gasteiger partial charge in [0.15, 0.2) is 11.5 Å². The summed E-state index contributed by atoms with van der Waals surface area (Å²) in [5, 5.41) is 12.7. The van der Waals surface area contributed by atoms with E-state index >= 15 is 0 Å². The van der Waals surface area contributed by atoms with Crippen LogP contribution in [-0.4, -0.2) is 34.9 Å². The molecule has 0 saturated carbocycles. The lowest BCUT2D eigenvalue weighted by molar-refractivity contribution is 0.0706. The normalized spacial score (nSPS) is 12.0. The number of benzene rings is 3. The SMILES string of the molecule is O=C(NO)c1ccc(Cn2cc(C(=O)NCCc3ccc4c(c3)OCO4)c3ccccc32)cc1. The minimum atomic E-state index is -0.558. The Morgan fingerprint density at radius 3 is 2.50 bits per heavy atom. The number of rotatable bonds is 7. The van der Waals surface area contributed by atoms with E-state index in [4.69, 9.17) is 14.7 Å². The Bertz CT molecular complexity index is 1360. The average Bonchev–Trinajstić information content (AvgIpc) is 3.48. The van der Waals surface area contributed by atoms with Gasteiger partial charge in [0.2, 0.25) is 6.79 Å². The number of nitrogens with one attached hydrogen (secondary N) is 2. The largest absolute Gasteiger partial charge is 0.454 e. The summed E-state index contributed by atoms with van der Waals surface area (Å²) in [5.41, 5.74) is 5.57. The first-order chi connectivity index (χ1) is 16.6. The quantitative estimate of drug-likeness (QED) is 0.291. The van der Waals surface area contributed by atoms with Crippen LogP contribution < -0.4 is 20.3 Å². The molecule has 1 aliphatic rings. The van der Waals surface area contributed by atoms with Crippen LogP contribution in [0.4, 0.5) is 0 Å². The molecule has 4 aromatic rings. The van der Waals surface area contributed by atoms with Crippen LogP contribution in [0.3, 0.4) is 0 Å². The van der Waals surface area contributed by atoms with E-state index in [1.54, 1.807) is 17.6 Å². The van der Waals surface area contributed by atoms with E-state index in [0.29, 0.717) is 30.6 Å². The second-order valence-corrected chi connectivity index (χ2v) is 8.02. The van der Waals surface area contributed by atoms with Crippen LogP contribution in [-0.2, 0) is 13.0 Å². The zero-order chi connectivity index (χ0) is 23.5. The Kier molecular flexibility index (Phi) is 5.88. The van der Waals surface area contributed by atoms with Crippen LogP contribution in [0.25, 0.3) is 10.9 Å². The third kappa shape index (κ3) is 4.31. The smallest absolute Gasteiger partial charge is 0.274 e. The van der Waals surface area contributed by atoms with E-state index in [1.807, 2.05) is 65.4 Å². The number of hydrogen-bond donors (Lipinski definition) is 3. The summed E-state index contributed by atoms with van der Waals surface area (Å²) in [4.78, 5) is 24.6. The van der Waals surface area contributed by atoms with Gasteiger partial charge in [-0.05, 0) is 47.9 Å². The lowest BCUT2D eigenvalue weighted by Gasteiger charge is -2.07. The number of carbonyl (C=O) groups excluding carboxylic acids is 2. The average molecular weight is 457 g/mol. The minimum Gasteiger partial charge on any atom is -0.454 e. The van der Waals surface area contributed by atoms with Gasteiger partial charge in [-0.15, -0.1) is 0 Å². The van der Waals surface area contributed by atoms with Crippen molar-refractivity contribution in [2.75, 3.05) is 13.3 Å². The highest BCUT2D eigenvalue weighted by Crippen LogP contribution is 2.32. The van der Waals surface area contributed by atoms with E-state index < -0.39 is 5.91 Å². The molecule has 0 fully saturated rings. The number of hydroxylamine groups is 1. The molecule has 1 aliphatic heterocycles. The van der Waals surface area contributed by atoms with E-state index in [-0.39, 0.29) is 12.7 Å². The molecule has 0 unspecified atom stereocenters. The van der Waals surface area contributed by atoms with Crippen molar-refractivity contribution in [3.05, 3.63) is 95.2 Å². The summed E-state index contributed by atoms with van der Waals surface area (Å²) in [7, 11) is 0. The zero-order valence-electron chi connectivity index (χ0n) is 18.3. The zero-order valence-corrected chi connectivity index (χ0v) is 18.3. The maximum absolute atomic E-state index is 13.0. The van der Waals surface area contributed by atoms with Crippen molar-refractivity contribution in [1.82, 2.24) is 15.4 Å². The van der Waals surface area contributed by atoms with Crippen molar-refractivity contribution in [2.45, 2.75) is 13.0 Å². The summed E-state index contributed by atoms with van der Waals surface area (Å²) in [5.74, 6) is 0.784. The predicted octanol–water partition coefficient (Wildman–Crippen LogP) is 3.51. The molecule has 5 rings (SSSR count). The molecular weight excluding hydrogens is 434 g/mol. The Labute approximate surface area is 195 Å². The Morgan fingerprint density at radius 2 is 1.68 bits per heavy atom. The topological polar surface area (TPSA) is 102 Å². The highest BCUT2D eigenvalue weighted by atomic mass is 16.7. The summed E-state index contributed by atoms with van der Waals surface area (Å²) in [6.07, 6.45) is 2.53. The Morgan fingerprint density at radius 1 is 0.912 bits per heavy atom. The van der Waals surface area contributed by atoms with E-state index in [9.17, 15) is 9.59 Å². The van der Waals surface area contributed by atoms with Crippen LogP contribution in [0.15, 0.2) is 72.9 Å². The van der Waals surface area contributed by atoms with Crippen molar-refractivity contribution >= 4 is 22.7 Å². The lowest BCUT2D eigenvalue weighted by atomic mass is 10.1. The van der Waals surface area contributed by atoms with E-state index in [1.165, 1.54) is 0 Å². The summed E-state index contributed by atoms with van der Waals surface area (Å²) < 4.78 is 12.8. The number of fused-ring (bicyclic) bond motifs is 2. The molecule has 2 amide bonds. The molecule has 0 saturated heterocycles. The summed E-state index contributed by atoms with van der Waals surface area (Å²) in [6.45, 7) is 1.26. The second kappa shape index (κ2) is 9.29. The van der Waals surface area contributed by atoms with Crippen LogP contribution in [0.1, 0.15) is 31.8 Å². The van der Waals surface area contributed by atoms with Crippen LogP contribution >= 0.6 is 0 Å². The van der Waals surface area contributed by atoms with Crippen molar-refractivity contribution < 1.29 is 24.3 Å². The van der Waals surface area contributed by atoms with Gasteiger partial charge in [0.25, 0.3) is 11.8 Å². The molecule has 1 aromatic heterocycles. The fraction of sp³-hybridized carbons (Fsp3) is 0.154. The molecular formula is C26H23N3O5. The first kappa shape index (κ1) is 21.5. The number of aromatic nitrogens is 1. The lowest BCUT2D eigenvalue weighted by Crippen LogP contribution is -2.25. The highest BCUT2D eigenvalue weighted by Gasteiger charge is 2.16. The molecule has 0 radical (unpaired) electrons. The number of para-hydroxylation sites is 1. The van der Waals surface area contributed by atoms with Crippen molar-refractivity contribution in [3.63, 3.8) is 0 Å². The summed E-state index contributed by atoms with van der Waals surface area (Å²) in [6, 6.07) is 20.5. The fourth-order valence-electron chi connectivity index (χ4n) is 4.09. The molecule has 172 valence electrons. The van der Waals surface area contributed by atoms with Gasteiger partial charge in [-0.1, -0.05) is 36.4 Å². The predicted molar refractivity (Wildman–Crippen MR) is 125 cm³/mol. The molecule has 0 aliphatic carbocycles. The fourth-order valence-corrected chi connectivity index (χ4v) is 4.09. The van der Waals surface area contributed by atoms with E-state index in [2.05, 4.69) is 5.32 Å². The van der Waals surface area contributed by atoms with Crippen molar-refractivity contribution in [3.8, 4) is 11.5 Å². The number of hydrogen-bond acceptors (Lipinski definition) is 5. The van der Waals surface area contributed by atoms with Crippen LogP contribution in [0.2, 0.25) is 0 Å². The van der Waals surface area contributed by atoms with Gasteiger partial charge in [0.1, 0.15) is 0 Å². The van der Waals surface area contributed by atoms with Crippen LogP contribution in [0.5, 0.6) is 11.5 Å². The summed E-state index contributed by atoms with van der Waals surface area (Å²) >= 11 is 0. The van der Waals surface area contributed by atoms with Gasteiger partial charge >= 0.3 is 0 Å². The first-order valence-electron chi connectivity index (χ1n) is 10.9. The standard InChI is InChI=1S/C26H23N3O5/c30-25(28-32)19-8-5-18(6-9-19)14-29-15-21(20-3-1-2-4-22(20)29)26(31)27-12-11-17-7-10-23-24(13-17)34-16-33-23/h1-10,13,15,32H,11-12,14,16H2,(H,27,31)(H,28,30). The van der Waals surface area contributed by atoms with Gasteiger partial charge in [0, 0.05) is 35.8 Å². The molecule has 0 bridgehead atoms. The molecule has 8 nitrogen and oxygen atoms in total. The van der Waals surface area contributed by atoms with Gasteiger partial charge in [0.05, 0.1) is 5.56 Å². The number of nitrogens with zero attached hydrogens (tertiary/aromatic N) is 1. The monoisotopic (exact) mass is 457 g/mol. The Balaban J connectivity index is 1.29. The number of carbonyl (C=O) groups is 2. The molecule has 3 aromatic carbocycles. The van der Waals surface area contributed by atoms with Crippen molar-refractivity contribution in [2.24, 2.45) is 0 Å². The molecule has 0 atom stereocenters. The molecule has 3 N–H and O–H groups in total. The van der Waals surface area contributed by atoms with E-state index in [0.717, 1.165) is 33.5 Å². The van der Waals surface area contributed by atoms with Crippen LogP contribution in [0, 0.1) is 0 Å².